The summed E-state index contributed by atoms with van der Waals surface area (Å²) < 4.78 is 40.2. The normalized spacial score (nSPS) is 18.2. The zero-order chi connectivity index (χ0) is 20.9. The van der Waals surface area contributed by atoms with Crippen LogP contribution >= 0.6 is 0 Å². The van der Waals surface area contributed by atoms with E-state index in [1.165, 1.54) is 12.1 Å². The fourth-order valence-corrected chi connectivity index (χ4v) is 4.57. The summed E-state index contributed by atoms with van der Waals surface area (Å²) in [7, 11) is 0. The Morgan fingerprint density at radius 1 is 1.13 bits per heavy atom. The van der Waals surface area contributed by atoms with Crippen LogP contribution in [0.15, 0.2) is 54.9 Å². The number of hydrogen-bond donors (Lipinski definition) is 2. The van der Waals surface area contributed by atoms with Crippen molar-refractivity contribution in [3.05, 3.63) is 60.4 Å². The first-order chi connectivity index (χ1) is 14.3. The number of anilines is 2. The first-order valence-corrected chi connectivity index (χ1v) is 9.74. The number of rotatable bonds is 3. The van der Waals surface area contributed by atoms with E-state index < -0.39 is 17.8 Å². The average Bonchev–Trinajstić information content (AvgIpc) is 3.06. The summed E-state index contributed by atoms with van der Waals surface area (Å²) in [6.07, 6.45) is 1.07. The Labute approximate surface area is 170 Å². The van der Waals surface area contributed by atoms with E-state index in [4.69, 9.17) is 0 Å². The predicted octanol–water partition coefficient (Wildman–Crippen LogP) is 4.14. The zero-order valence-corrected chi connectivity index (χ0v) is 16.0. The van der Waals surface area contributed by atoms with Gasteiger partial charge in [-0.1, -0.05) is 12.1 Å². The molecule has 1 saturated carbocycles. The maximum atomic E-state index is 12.8. The van der Waals surface area contributed by atoms with Crippen molar-refractivity contribution in [2.45, 2.75) is 25.1 Å². The molecule has 9 heteroatoms. The zero-order valence-electron chi connectivity index (χ0n) is 16.0. The molecule has 0 bridgehead atoms. The van der Waals surface area contributed by atoms with Crippen molar-refractivity contribution in [1.82, 2.24) is 14.9 Å². The largest absolute Gasteiger partial charge is 0.416 e. The number of benzene rings is 1. The molecule has 1 aliphatic carbocycles. The minimum Gasteiger partial charge on any atom is -0.367 e. The molecule has 2 amide bonds. The summed E-state index contributed by atoms with van der Waals surface area (Å²) in [6.45, 7) is 1.83. The summed E-state index contributed by atoms with van der Waals surface area (Å²) in [5.41, 5.74) is 1.71. The highest BCUT2D eigenvalue weighted by molar-refractivity contribution is 5.89. The molecule has 30 heavy (non-hydrogen) atoms. The number of hydrogen-bond acceptors (Lipinski definition) is 3. The summed E-state index contributed by atoms with van der Waals surface area (Å²) in [5, 5.41) is 9.72. The number of carbonyl (C=O) groups is 1. The lowest BCUT2D eigenvalue weighted by molar-refractivity contribution is -0.137. The Morgan fingerprint density at radius 3 is 2.70 bits per heavy atom. The van der Waals surface area contributed by atoms with Crippen LogP contribution in [-0.4, -0.2) is 34.8 Å². The molecule has 1 spiro atoms. The van der Waals surface area contributed by atoms with Crippen molar-refractivity contribution in [2.24, 2.45) is 5.41 Å². The molecule has 6 nitrogen and oxygen atoms in total. The molecule has 1 aliphatic heterocycles. The molecule has 2 aliphatic rings. The molecule has 1 aromatic carbocycles. The Morgan fingerprint density at radius 2 is 1.93 bits per heavy atom. The van der Waals surface area contributed by atoms with Gasteiger partial charge in [0.1, 0.15) is 0 Å². The van der Waals surface area contributed by atoms with Crippen LogP contribution in [0.1, 0.15) is 18.4 Å². The monoisotopic (exact) mass is 415 g/mol. The average molecular weight is 415 g/mol. The number of carbonyl (C=O) groups excluding carboxylic acids is 1. The Hall–Kier alpha value is -3.23. The van der Waals surface area contributed by atoms with Crippen molar-refractivity contribution < 1.29 is 18.0 Å². The molecular formula is C21H20F3N5O. The van der Waals surface area contributed by atoms with Crippen LogP contribution in [0.2, 0.25) is 0 Å². The second-order valence-corrected chi connectivity index (χ2v) is 8.20. The molecule has 0 radical (unpaired) electrons. The van der Waals surface area contributed by atoms with E-state index in [0.29, 0.717) is 0 Å². The number of nitrogens with one attached hydrogen (secondary N) is 2. The van der Waals surface area contributed by atoms with Gasteiger partial charge >= 0.3 is 12.2 Å². The van der Waals surface area contributed by atoms with E-state index in [1.807, 2.05) is 35.1 Å². The van der Waals surface area contributed by atoms with Crippen molar-refractivity contribution >= 4 is 22.9 Å². The molecule has 0 atom stereocenters. The van der Waals surface area contributed by atoms with Crippen LogP contribution in [0, 0.1) is 5.41 Å². The van der Waals surface area contributed by atoms with Crippen LogP contribution in [0.25, 0.3) is 5.52 Å². The number of nitrogens with zero attached hydrogens (tertiary/aromatic N) is 3. The second kappa shape index (κ2) is 6.65. The third kappa shape index (κ3) is 3.34. The van der Waals surface area contributed by atoms with Crippen molar-refractivity contribution in [3.63, 3.8) is 0 Å². The number of urea groups is 1. The van der Waals surface area contributed by atoms with Gasteiger partial charge in [0.25, 0.3) is 0 Å². The van der Waals surface area contributed by atoms with Crippen molar-refractivity contribution in [1.29, 1.82) is 0 Å². The molecule has 156 valence electrons. The fourth-order valence-electron chi connectivity index (χ4n) is 4.57. The van der Waals surface area contributed by atoms with Gasteiger partial charge in [-0.15, -0.1) is 0 Å². The highest BCUT2D eigenvalue weighted by Crippen LogP contribution is 2.50. The highest BCUT2D eigenvalue weighted by atomic mass is 19.4. The van der Waals surface area contributed by atoms with Crippen LogP contribution in [0.3, 0.4) is 0 Å². The van der Waals surface area contributed by atoms with Crippen LogP contribution in [0.5, 0.6) is 0 Å². The van der Waals surface area contributed by atoms with E-state index in [-0.39, 0.29) is 17.1 Å². The maximum absolute atomic E-state index is 12.8. The Bertz CT molecular complexity index is 1100. The second-order valence-electron chi connectivity index (χ2n) is 8.20. The van der Waals surface area contributed by atoms with E-state index in [0.717, 1.165) is 49.3 Å². The summed E-state index contributed by atoms with van der Waals surface area (Å²) in [4.78, 5) is 14.5. The maximum Gasteiger partial charge on any atom is 0.416 e. The molecule has 2 fully saturated rings. The van der Waals surface area contributed by atoms with Crippen LogP contribution in [-0.2, 0) is 6.18 Å². The lowest BCUT2D eigenvalue weighted by Gasteiger charge is -2.59. The summed E-state index contributed by atoms with van der Waals surface area (Å²) in [5.74, 6) is 0. The summed E-state index contributed by atoms with van der Waals surface area (Å²) in [6, 6.07) is 10.1. The molecule has 5 rings (SSSR count). The van der Waals surface area contributed by atoms with Crippen LogP contribution in [0.4, 0.5) is 29.3 Å². The van der Waals surface area contributed by atoms with Gasteiger partial charge in [-0.3, -0.25) is 0 Å². The fraction of sp³-hybridized carbons (Fsp3) is 0.333. The van der Waals surface area contributed by atoms with Crippen molar-refractivity contribution in [2.75, 3.05) is 23.3 Å². The third-order valence-electron chi connectivity index (χ3n) is 5.94. The predicted molar refractivity (Wildman–Crippen MR) is 106 cm³/mol. The molecule has 0 unspecified atom stereocenters. The molecular weight excluding hydrogens is 395 g/mol. The van der Waals surface area contributed by atoms with E-state index in [9.17, 15) is 18.0 Å². The molecule has 2 aromatic heterocycles. The van der Waals surface area contributed by atoms with E-state index >= 15 is 0 Å². The number of alkyl halides is 3. The highest BCUT2D eigenvalue weighted by Gasteiger charge is 2.53. The first kappa shape index (κ1) is 18.8. The molecule has 2 N–H and O–H groups in total. The quantitative estimate of drug-likeness (QED) is 0.676. The topological polar surface area (TPSA) is 61.7 Å². The summed E-state index contributed by atoms with van der Waals surface area (Å²) >= 11 is 0. The van der Waals surface area contributed by atoms with Gasteiger partial charge < -0.3 is 15.5 Å². The van der Waals surface area contributed by atoms with Gasteiger partial charge in [0.05, 0.1) is 23.0 Å². The van der Waals surface area contributed by atoms with Gasteiger partial charge in [-0.2, -0.15) is 18.3 Å². The Balaban J connectivity index is 1.13. The SMILES string of the molecule is O=C(Nc1cccc(C(F)(F)F)c1)NC1CC2(C1)CN(c1cnn3ccccc13)C2. The smallest absolute Gasteiger partial charge is 0.367 e. The van der Waals surface area contributed by atoms with Gasteiger partial charge in [0, 0.05) is 36.4 Å². The number of aromatic nitrogens is 2. The minimum absolute atomic E-state index is 0.0295. The molecule has 3 heterocycles. The van der Waals surface area contributed by atoms with Gasteiger partial charge in [-0.25, -0.2) is 9.31 Å². The first-order valence-electron chi connectivity index (χ1n) is 9.74. The number of fused-ring (bicyclic) bond motifs is 1. The van der Waals surface area contributed by atoms with E-state index in [1.54, 1.807) is 0 Å². The molecule has 3 aromatic rings. The lowest BCUT2D eigenvalue weighted by atomic mass is 9.60. The number of amides is 2. The van der Waals surface area contributed by atoms with Crippen LogP contribution < -0.4 is 15.5 Å². The standard InChI is InChI=1S/C21H20F3N5O/c22-21(23,24)14-4-3-5-15(8-14)26-19(30)27-16-9-20(10-16)12-28(13-20)18-11-25-29-7-2-1-6-17(18)29/h1-8,11,16H,9-10,12-13H2,(H2,26,27,30). The third-order valence-corrected chi connectivity index (χ3v) is 5.94. The van der Waals surface area contributed by atoms with E-state index in [2.05, 4.69) is 20.6 Å². The minimum atomic E-state index is -4.44. The lowest BCUT2D eigenvalue weighted by Crippen LogP contribution is -2.67. The number of halogens is 3. The van der Waals surface area contributed by atoms with Gasteiger partial charge in [-0.05, 0) is 43.2 Å². The van der Waals surface area contributed by atoms with Gasteiger partial charge in [0.15, 0.2) is 0 Å². The van der Waals surface area contributed by atoms with Gasteiger partial charge in [0.2, 0.25) is 0 Å². The molecule has 1 saturated heterocycles. The van der Waals surface area contributed by atoms with Crippen molar-refractivity contribution in [3.8, 4) is 0 Å². The number of pyridine rings is 1. The Kier molecular flexibility index (Phi) is 4.16.